The molecule has 2 aromatic carbocycles. The van der Waals surface area contributed by atoms with Gasteiger partial charge in [0.15, 0.2) is 11.6 Å². The molecular weight excluding hydrogens is 260 g/mol. The van der Waals surface area contributed by atoms with Crippen molar-refractivity contribution in [3.8, 4) is 5.75 Å². The van der Waals surface area contributed by atoms with E-state index in [1.54, 1.807) is 24.3 Å². The van der Waals surface area contributed by atoms with Crippen molar-refractivity contribution in [3.05, 3.63) is 65.2 Å². The summed E-state index contributed by atoms with van der Waals surface area (Å²) in [7, 11) is 1.42. The minimum atomic E-state index is -0.700. The first-order chi connectivity index (χ1) is 9.42. The summed E-state index contributed by atoms with van der Waals surface area (Å²) in [5.74, 6) is -0.519. The largest absolute Gasteiger partial charge is 0.494 e. The van der Waals surface area contributed by atoms with Crippen LogP contribution in [0, 0.1) is 11.6 Å². The van der Waals surface area contributed by atoms with Gasteiger partial charge in [-0.2, -0.15) is 0 Å². The first-order valence-corrected chi connectivity index (χ1v) is 6.30. The summed E-state index contributed by atoms with van der Waals surface area (Å²) in [4.78, 5) is 0. The van der Waals surface area contributed by atoms with Gasteiger partial charge in [-0.25, -0.2) is 8.78 Å². The van der Waals surface area contributed by atoms with Crippen molar-refractivity contribution in [3.63, 3.8) is 0 Å². The van der Waals surface area contributed by atoms with Crippen molar-refractivity contribution in [2.24, 2.45) is 5.73 Å². The zero-order chi connectivity index (χ0) is 14.8. The predicted molar refractivity (Wildman–Crippen MR) is 74.6 cm³/mol. The van der Waals surface area contributed by atoms with Crippen molar-refractivity contribution in [1.82, 2.24) is 0 Å². The van der Waals surface area contributed by atoms with Gasteiger partial charge in [-0.05, 0) is 48.7 Å². The van der Waals surface area contributed by atoms with Gasteiger partial charge in [0.1, 0.15) is 5.82 Å². The van der Waals surface area contributed by atoms with Crippen LogP contribution in [0.3, 0.4) is 0 Å². The standard InChI is InChI=1S/C16H17F2NO/c1-16(19,12-4-6-13(17)7-5-12)10-11-3-8-15(20-2)14(18)9-11/h3-9H,10,19H2,1-2H3. The van der Waals surface area contributed by atoms with Crippen LogP contribution in [0.4, 0.5) is 8.78 Å². The van der Waals surface area contributed by atoms with Crippen LogP contribution >= 0.6 is 0 Å². The monoisotopic (exact) mass is 277 g/mol. The van der Waals surface area contributed by atoms with E-state index in [0.29, 0.717) is 6.42 Å². The summed E-state index contributed by atoms with van der Waals surface area (Å²) < 4.78 is 31.5. The van der Waals surface area contributed by atoms with Crippen LogP contribution in [0.25, 0.3) is 0 Å². The molecule has 0 aliphatic heterocycles. The fraction of sp³-hybridized carbons (Fsp3) is 0.250. The molecule has 0 saturated heterocycles. The fourth-order valence-corrected chi connectivity index (χ4v) is 2.18. The molecule has 0 saturated carbocycles. The lowest BCUT2D eigenvalue weighted by atomic mass is 9.86. The van der Waals surface area contributed by atoms with Crippen LogP contribution in [0.5, 0.6) is 5.75 Å². The van der Waals surface area contributed by atoms with Gasteiger partial charge in [-0.3, -0.25) is 0 Å². The number of hydrogen-bond acceptors (Lipinski definition) is 2. The van der Waals surface area contributed by atoms with Gasteiger partial charge in [0.05, 0.1) is 7.11 Å². The third-order valence-corrected chi connectivity index (χ3v) is 3.29. The van der Waals surface area contributed by atoms with Crippen molar-refractivity contribution < 1.29 is 13.5 Å². The number of benzene rings is 2. The van der Waals surface area contributed by atoms with E-state index < -0.39 is 11.4 Å². The van der Waals surface area contributed by atoms with Gasteiger partial charge in [0.25, 0.3) is 0 Å². The molecule has 2 nitrogen and oxygen atoms in total. The molecule has 1 atom stereocenters. The first-order valence-electron chi connectivity index (χ1n) is 6.30. The molecule has 0 amide bonds. The average Bonchev–Trinajstić information content (AvgIpc) is 2.39. The highest BCUT2D eigenvalue weighted by Crippen LogP contribution is 2.25. The summed E-state index contributed by atoms with van der Waals surface area (Å²) in [6, 6.07) is 10.8. The first kappa shape index (κ1) is 14.5. The maximum atomic E-state index is 13.7. The molecule has 0 fully saturated rings. The molecule has 0 bridgehead atoms. The van der Waals surface area contributed by atoms with E-state index in [9.17, 15) is 8.78 Å². The average molecular weight is 277 g/mol. The Hall–Kier alpha value is -1.94. The molecule has 106 valence electrons. The second kappa shape index (κ2) is 5.59. The lowest BCUT2D eigenvalue weighted by molar-refractivity contribution is 0.385. The Morgan fingerprint density at radius 2 is 1.75 bits per heavy atom. The SMILES string of the molecule is COc1ccc(CC(C)(N)c2ccc(F)cc2)cc1F. The van der Waals surface area contributed by atoms with E-state index in [2.05, 4.69) is 0 Å². The Morgan fingerprint density at radius 1 is 1.10 bits per heavy atom. The van der Waals surface area contributed by atoms with E-state index in [1.807, 2.05) is 6.92 Å². The smallest absolute Gasteiger partial charge is 0.165 e. The normalized spacial score (nSPS) is 13.8. The van der Waals surface area contributed by atoms with E-state index in [0.717, 1.165) is 11.1 Å². The molecule has 4 heteroatoms. The second-order valence-electron chi connectivity index (χ2n) is 5.07. The molecule has 0 radical (unpaired) electrons. The zero-order valence-corrected chi connectivity index (χ0v) is 11.5. The molecule has 2 rings (SSSR count). The Labute approximate surface area is 117 Å². The van der Waals surface area contributed by atoms with Crippen LogP contribution in [-0.2, 0) is 12.0 Å². The van der Waals surface area contributed by atoms with Gasteiger partial charge in [-0.15, -0.1) is 0 Å². The number of rotatable bonds is 4. The zero-order valence-electron chi connectivity index (χ0n) is 11.5. The van der Waals surface area contributed by atoms with Gasteiger partial charge in [0.2, 0.25) is 0 Å². The number of nitrogens with two attached hydrogens (primary N) is 1. The minimum absolute atomic E-state index is 0.203. The van der Waals surface area contributed by atoms with Crippen molar-refractivity contribution in [2.45, 2.75) is 18.9 Å². The van der Waals surface area contributed by atoms with E-state index in [-0.39, 0.29) is 11.6 Å². The molecular formula is C16H17F2NO. The molecule has 0 aliphatic carbocycles. The third-order valence-electron chi connectivity index (χ3n) is 3.29. The quantitative estimate of drug-likeness (QED) is 0.929. The van der Waals surface area contributed by atoms with E-state index in [4.69, 9.17) is 10.5 Å². The molecule has 0 heterocycles. The molecule has 2 N–H and O–H groups in total. The molecule has 2 aromatic rings. The highest BCUT2D eigenvalue weighted by Gasteiger charge is 2.22. The highest BCUT2D eigenvalue weighted by atomic mass is 19.1. The van der Waals surface area contributed by atoms with Crippen LogP contribution in [0.2, 0.25) is 0 Å². The van der Waals surface area contributed by atoms with Crippen molar-refractivity contribution in [2.75, 3.05) is 7.11 Å². The Bertz CT molecular complexity index is 594. The van der Waals surface area contributed by atoms with Gasteiger partial charge in [0, 0.05) is 5.54 Å². The number of halogens is 2. The molecule has 0 aliphatic rings. The lowest BCUT2D eigenvalue weighted by Crippen LogP contribution is -2.35. The summed E-state index contributed by atoms with van der Waals surface area (Å²) in [6.07, 6.45) is 0.444. The Balaban J connectivity index is 2.23. The summed E-state index contributed by atoms with van der Waals surface area (Å²) in [5.41, 5.74) is 7.13. The van der Waals surface area contributed by atoms with Gasteiger partial charge < -0.3 is 10.5 Å². The number of hydrogen-bond donors (Lipinski definition) is 1. The van der Waals surface area contributed by atoms with Crippen LogP contribution in [0.1, 0.15) is 18.1 Å². The predicted octanol–water partition coefficient (Wildman–Crippen LogP) is 3.39. The molecule has 1 unspecified atom stereocenters. The fourth-order valence-electron chi connectivity index (χ4n) is 2.18. The van der Waals surface area contributed by atoms with Crippen LogP contribution in [-0.4, -0.2) is 7.11 Å². The minimum Gasteiger partial charge on any atom is -0.494 e. The van der Waals surface area contributed by atoms with Crippen LogP contribution < -0.4 is 10.5 Å². The van der Waals surface area contributed by atoms with Gasteiger partial charge in [-0.1, -0.05) is 18.2 Å². The topological polar surface area (TPSA) is 35.2 Å². The van der Waals surface area contributed by atoms with Gasteiger partial charge >= 0.3 is 0 Å². The van der Waals surface area contributed by atoms with E-state index >= 15 is 0 Å². The molecule has 20 heavy (non-hydrogen) atoms. The van der Waals surface area contributed by atoms with Crippen LogP contribution in [0.15, 0.2) is 42.5 Å². The number of ether oxygens (including phenoxy) is 1. The maximum absolute atomic E-state index is 13.7. The molecule has 0 aromatic heterocycles. The highest BCUT2D eigenvalue weighted by molar-refractivity contribution is 5.32. The van der Waals surface area contributed by atoms with Crippen molar-refractivity contribution >= 4 is 0 Å². The summed E-state index contributed by atoms with van der Waals surface area (Å²) in [5, 5.41) is 0. The maximum Gasteiger partial charge on any atom is 0.165 e. The third kappa shape index (κ3) is 3.14. The van der Waals surface area contributed by atoms with E-state index in [1.165, 1.54) is 25.3 Å². The Kier molecular flexibility index (Phi) is 4.04. The number of methoxy groups -OCH3 is 1. The summed E-state index contributed by atoms with van der Waals surface area (Å²) in [6.45, 7) is 1.84. The van der Waals surface area contributed by atoms with Crippen molar-refractivity contribution in [1.29, 1.82) is 0 Å². The molecule has 0 spiro atoms. The Morgan fingerprint density at radius 3 is 2.30 bits per heavy atom. The lowest BCUT2D eigenvalue weighted by Gasteiger charge is -2.25. The summed E-state index contributed by atoms with van der Waals surface area (Å²) >= 11 is 0. The second-order valence-corrected chi connectivity index (χ2v) is 5.07.